The van der Waals surface area contributed by atoms with Gasteiger partial charge in [-0.3, -0.25) is 4.90 Å². The number of nitrogens with zero attached hydrogens (tertiary/aromatic N) is 4. The summed E-state index contributed by atoms with van der Waals surface area (Å²) in [7, 11) is 2.06. The summed E-state index contributed by atoms with van der Waals surface area (Å²) in [4.78, 5) is 14.9. The summed E-state index contributed by atoms with van der Waals surface area (Å²) in [5.41, 5.74) is 2.79. The van der Waals surface area contributed by atoms with Gasteiger partial charge in [0.15, 0.2) is 0 Å². The van der Waals surface area contributed by atoms with Crippen molar-refractivity contribution < 1.29 is 19.0 Å². The summed E-state index contributed by atoms with van der Waals surface area (Å²) < 4.78 is 19.8. The minimum atomic E-state index is -0.317. The van der Waals surface area contributed by atoms with Gasteiger partial charge in [0.1, 0.15) is 29.7 Å². The first kappa shape index (κ1) is 26.0. The minimum absolute atomic E-state index is 0.0994. The standard InChI is InChI=1S/C30H32N6O4/c1-35(16-21-8-4-2-5-9-21)17-23-18-36(34-33-23)27-20-39-28-26(19-38-29(27)28)32-30(37)31-22-12-14-25(15-13-22)40-24-10-6-3-7-11-24/h2-15,18,26-29H,16-17,19-20H2,1H3,(H2,31,32,37). The van der Waals surface area contributed by atoms with Crippen molar-refractivity contribution in [2.75, 3.05) is 25.6 Å². The molecule has 6 rings (SSSR count). The Morgan fingerprint density at radius 1 is 0.925 bits per heavy atom. The minimum Gasteiger partial charge on any atom is -0.457 e. The Morgan fingerprint density at radius 2 is 1.62 bits per heavy atom. The van der Waals surface area contributed by atoms with Crippen molar-refractivity contribution in [3.63, 3.8) is 0 Å². The molecule has 40 heavy (non-hydrogen) atoms. The van der Waals surface area contributed by atoms with E-state index in [2.05, 4.69) is 45.0 Å². The second-order valence-electron chi connectivity index (χ2n) is 10.2. The van der Waals surface area contributed by atoms with Crippen LogP contribution in [0.15, 0.2) is 91.1 Å². The third-order valence-corrected chi connectivity index (χ3v) is 7.06. The van der Waals surface area contributed by atoms with E-state index in [0.717, 1.165) is 18.0 Å². The number of benzene rings is 3. The average Bonchev–Trinajstić information content (AvgIpc) is 3.69. The summed E-state index contributed by atoms with van der Waals surface area (Å²) in [5.74, 6) is 1.44. The first-order chi connectivity index (χ1) is 19.6. The number of fused-ring (bicyclic) bond motifs is 1. The maximum atomic E-state index is 12.7. The van der Waals surface area contributed by atoms with E-state index in [1.54, 1.807) is 12.1 Å². The van der Waals surface area contributed by atoms with E-state index >= 15 is 0 Å². The Bertz CT molecular complexity index is 1400. The van der Waals surface area contributed by atoms with Crippen LogP contribution >= 0.6 is 0 Å². The highest BCUT2D eigenvalue weighted by Crippen LogP contribution is 2.34. The normalized spacial score (nSPS) is 21.8. The van der Waals surface area contributed by atoms with E-state index in [0.29, 0.717) is 31.2 Å². The number of amides is 2. The number of para-hydroxylation sites is 1. The predicted octanol–water partition coefficient (Wildman–Crippen LogP) is 4.23. The molecular formula is C30H32N6O4. The molecule has 4 unspecified atom stereocenters. The summed E-state index contributed by atoms with van der Waals surface area (Å²) in [5, 5.41) is 14.6. The zero-order valence-electron chi connectivity index (χ0n) is 22.2. The van der Waals surface area contributed by atoms with Crippen molar-refractivity contribution in [3.8, 4) is 11.5 Å². The molecule has 2 fully saturated rings. The van der Waals surface area contributed by atoms with Gasteiger partial charge in [0.05, 0.1) is 31.1 Å². The fraction of sp³-hybridized carbons (Fsp3) is 0.300. The number of hydrogen-bond donors (Lipinski definition) is 2. The van der Waals surface area contributed by atoms with Crippen LogP contribution in [0.4, 0.5) is 10.5 Å². The van der Waals surface area contributed by atoms with Gasteiger partial charge in [-0.2, -0.15) is 0 Å². The Kier molecular flexibility index (Phi) is 7.71. The van der Waals surface area contributed by atoms with Gasteiger partial charge in [0.25, 0.3) is 0 Å². The lowest BCUT2D eigenvalue weighted by atomic mass is 10.1. The molecule has 10 heteroatoms. The van der Waals surface area contributed by atoms with Gasteiger partial charge in [-0.15, -0.1) is 5.10 Å². The van der Waals surface area contributed by atoms with Gasteiger partial charge in [0, 0.05) is 18.8 Å². The van der Waals surface area contributed by atoms with Crippen LogP contribution in [-0.4, -0.2) is 64.4 Å². The molecule has 0 bridgehead atoms. The number of urea groups is 1. The quantitative estimate of drug-likeness (QED) is 0.328. The number of aromatic nitrogens is 3. The Balaban J connectivity index is 0.992. The van der Waals surface area contributed by atoms with Crippen molar-refractivity contribution >= 4 is 11.7 Å². The number of hydrogen-bond acceptors (Lipinski definition) is 7. The number of nitrogens with one attached hydrogen (secondary N) is 2. The number of anilines is 1. The summed E-state index contributed by atoms with van der Waals surface area (Å²) in [6, 6.07) is 26.4. The predicted molar refractivity (Wildman–Crippen MR) is 149 cm³/mol. The molecule has 2 saturated heterocycles. The van der Waals surface area contributed by atoms with Gasteiger partial charge in [-0.25, -0.2) is 9.48 Å². The molecule has 206 valence electrons. The maximum absolute atomic E-state index is 12.7. The molecule has 3 heterocycles. The van der Waals surface area contributed by atoms with Gasteiger partial charge >= 0.3 is 6.03 Å². The number of carbonyl (C=O) groups excluding carboxylic acids is 1. The lowest BCUT2D eigenvalue weighted by Crippen LogP contribution is -2.45. The summed E-state index contributed by atoms with van der Waals surface area (Å²) in [6.07, 6.45) is 1.49. The zero-order valence-corrected chi connectivity index (χ0v) is 22.2. The fourth-order valence-electron chi connectivity index (χ4n) is 5.17. The molecule has 4 aromatic rings. The highest BCUT2D eigenvalue weighted by molar-refractivity contribution is 5.89. The van der Waals surface area contributed by atoms with Crippen LogP contribution in [0.5, 0.6) is 11.5 Å². The largest absolute Gasteiger partial charge is 0.457 e. The molecule has 0 aliphatic carbocycles. The Labute approximate surface area is 232 Å². The van der Waals surface area contributed by atoms with Gasteiger partial charge in [0.2, 0.25) is 0 Å². The summed E-state index contributed by atoms with van der Waals surface area (Å²) in [6.45, 7) is 2.32. The van der Waals surface area contributed by atoms with Gasteiger partial charge < -0.3 is 24.8 Å². The molecule has 2 N–H and O–H groups in total. The van der Waals surface area contributed by atoms with Crippen LogP contribution in [0.25, 0.3) is 0 Å². The van der Waals surface area contributed by atoms with Crippen molar-refractivity contribution in [3.05, 3.63) is 102 Å². The molecule has 1 aromatic heterocycles. The highest BCUT2D eigenvalue weighted by atomic mass is 16.6. The molecule has 0 saturated carbocycles. The van der Waals surface area contributed by atoms with E-state index in [1.807, 2.05) is 71.5 Å². The smallest absolute Gasteiger partial charge is 0.319 e. The highest BCUT2D eigenvalue weighted by Gasteiger charge is 2.49. The van der Waals surface area contributed by atoms with Crippen molar-refractivity contribution in [2.45, 2.75) is 37.4 Å². The SMILES string of the molecule is CN(Cc1ccccc1)Cc1cn(C2COC3C(NC(=O)Nc4ccc(Oc5ccccc5)cc4)COC32)nn1. The van der Waals surface area contributed by atoms with Crippen LogP contribution in [0.3, 0.4) is 0 Å². The second kappa shape index (κ2) is 11.9. The molecule has 0 radical (unpaired) electrons. The zero-order chi connectivity index (χ0) is 27.3. The van der Waals surface area contributed by atoms with Crippen LogP contribution in [0, 0.1) is 0 Å². The van der Waals surface area contributed by atoms with E-state index in [1.165, 1.54) is 5.56 Å². The Morgan fingerprint density at radius 3 is 2.40 bits per heavy atom. The van der Waals surface area contributed by atoms with E-state index in [-0.39, 0.29) is 30.3 Å². The number of rotatable bonds is 9. The fourth-order valence-corrected chi connectivity index (χ4v) is 5.17. The van der Waals surface area contributed by atoms with Crippen molar-refractivity contribution in [2.24, 2.45) is 0 Å². The number of ether oxygens (including phenoxy) is 3. The van der Waals surface area contributed by atoms with Crippen LogP contribution in [0.1, 0.15) is 17.3 Å². The van der Waals surface area contributed by atoms with E-state index < -0.39 is 0 Å². The van der Waals surface area contributed by atoms with E-state index in [9.17, 15) is 4.79 Å². The van der Waals surface area contributed by atoms with Crippen LogP contribution in [0.2, 0.25) is 0 Å². The maximum Gasteiger partial charge on any atom is 0.319 e. The molecular weight excluding hydrogens is 508 g/mol. The Hall–Kier alpha value is -4.25. The lowest BCUT2D eigenvalue weighted by Gasteiger charge is -2.18. The summed E-state index contributed by atoms with van der Waals surface area (Å²) >= 11 is 0. The van der Waals surface area contributed by atoms with Gasteiger partial charge in [-0.05, 0) is 49.0 Å². The van der Waals surface area contributed by atoms with Crippen molar-refractivity contribution in [1.29, 1.82) is 0 Å². The van der Waals surface area contributed by atoms with Crippen molar-refractivity contribution in [1.82, 2.24) is 25.2 Å². The molecule has 2 aliphatic rings. The third kappa shape index (κ3) is 6.15. The van der Waals surface area contributed by atoms with Crippen LogP contribution in [-0.2, 0) is 22.6 Å². The molecule has 3 aromatic carbocycles. The van der Waals surface area contributed by atoms with E-state index in [4.69, 9.17) is 14.2 Å². The topological polar surface area (TPSA) is 103 Å². The average molecular weight is 541 g/mol. The monoisotopic (exact) mass is 540 g/mol. The first-order valence-corrected chi connectivity index (χ1v) is 13.4. The first-order valence-electron chi connectivity index (χ1n) is 13.4. The van der Waals surface area contributed by atoms with Gasteiger partial charge in [-0.1, -0.05) is 53.7 Å². The number of carbonyl (C=O) groups is 1. The van der Waals surface area contributed by atoms with Crippen LogP contribution < -0.4 is 15.4 Å². The molecule has 2 aliphatic heterocycles. The lowest BCUT2D eigenvalue weighted by molar-refractivity contribution is 0.0622. The third-order valence-electron chi connectivity index (χ3n) is 7.06. The molecule has 4 atom stereocenters. The molecule has 2 amide bonds. The second-order valence-corrected chi connectivity index (χ2v) is 10.2. The molecule has 10 nitrogen and oxygen atoms in total. The molecule has 0 spiro atoms.